The van der Waals surface area contributed by atoms with Gasteiger partial charge in [0.25, 0.3) is 0 Å². The summed E-state index contributed by atoms with van der Waals surface area (Å²) in [7, 11) is -0.736. The maximum Gasteiger partial charge on any atom is 0.0892 e. The van der Waals surface area contributed by atoms with Crippen LogP contribution in [0.1, 0.15) is 0 Å². The summed E-state index contributed by atoms with van der Waals surface area (Å²) in [6.45, 7) is 0. The van der Waals surface area contributed by atoms with Gasteiger partial charge in [-0.05, 0) is 158 Å². The number of nitrogens with zero attached hydrogens (tertiary/aromatic N) is 1. The molecule has 2 heterocycles. The molecule has 1 nitrogen and oxygen atoms in total. The molecule has 0 bridgehead atoms. The molecule has 1 aromatic heterocycles. The first-order valence-corrected chi connectivity index (χ1v) is 29.9. The molecule has 0 unspecified atom stereocenters. The second kappa shape index (κ2) is 19.8. The smallest absolute Gasteiger partial charge is 0.0892 e. The van der Waals surface area contributed by atoms with E-state index >= 15 is 0 Å². The Bertz CT molecular complexity index is 4700. The maximum absolute atomic E-state index is 2.51. The van der Waals surface area contributed by atoms with Gasteiger partial charge in [0.1, 0.15) is 0 Å². The fourth-order valence-corrected chi connectivity index (χ4v) is 15.1. The van der Waals surface area contributed by atoms with Crippen molar-refractivity contribution in [2.24, 2.45) is 0 Å². The second-order valence-corrected chi connectivity index (χ2v) is 23.9. The van der Waals surface area contributed by atoms with Crippen molar-refractivity contribution in [2.75, 3.05) is 0 Å². The molecule has 14 aromatic carbocycles. The van der Waals surface area contributed by atoms with Gasteiger partial charge >= 0.3 is 0 Å². The molecule has 1 aliphatic heterocycles. The van der Waals surface area contributed by atoms with Gasteiger partial charge in [-0.3, -0.25) is 0 Å². The van der Waals surface area contributed by atoms with E-state index in [1.165, 1.54) is 160 Å². The maximum atomic E-state index is 2.51. The molecule has 82 heavy (non-hydrogen) atoms. The first kappa shape index (κ1) is 47.6. The van der Waals surface area contributed by atoms with Gasteiger partial charge in [-0.15, -0.1) is 0 Å². The summed E-state index contributed by atoms with van der Waals surface area (Å²) < 4.78 is 2.51. The summed E-state index contributed by atoms with van der Waals surface area (Å²) >= 11 is 0. The van der Waals surface area contributed by atoms with Gasteiger partial charge in [0.15, 0.2) is 0 Å². The molecule has 0 radical (unpaired) electrons. The molecule has 0 aliphatic carbocycles. The van der Waals surface area contributed by atoms with Gasteiger partial charge in [-0.1, -0.05) is 283 Å². The van der Waals surface area contributed by atoms with Gasteiger partial charge < -0.3 is 4.57 Å². The normalized spacial score (nSPS) is 12.1. The van der Waals surface area contributed by atoms with E-state index < -0.39 is 9.52 Å². The first-order valence-electron chi connectivity index (χ1n) is 28.5. The number of fused-ring (bicyclic) bond motifs is 8. The van der Waals surface area contributed by atoms with Gasteiger partial charge in [0.05, 0.1) is 20.6 Å². The lowest BCUT2D eigenvalue weighted by molar-refractivity contribution is 1.18. The lowest BCUT2D eigenvalue weighted by atomic mass is 9.95. The van der Waals surface area contributed by atoms with Crippen molar-refractivity contribution >= 4 is 63.2 Å². The highest BCUT2D eigenvalue weighted by atomic mass is 28.2. The van der Waals surface area contributed by atoms with E-state index in [1.54, 1.807) is 0 Å². The molecule has 16 rings (SSSR count). The quantitative estimate of drug-likeness (QED) is 0.127. The van der Waals surface area contributed by atoms with Crippen LogP contribution in [0.3, 0.4) is 0 Å². The lowest BCUT2D eigenvalue weighted by Gasteiger charge is -2.12. The second-order valence-electron chi connectivity index (χ2n) is 22.0. The topological polar surface area (TPSA) is 4.93 Å². The fraction of sp³-hybridized carbons (Fsp3) is 0. The molecule has 0 saturated heterocycles. The highest BCUT2D eigenvalue weighted by Gasteiger charge is 2.22. The Kier molecular flexibility index (Phi) is 11.5. The molecule has 0 atom stereocenters. The number of rotatable bonds is 9. The minimum Gasteiger partial charge on any atom is -0.309 e. The number of aromatic nitrogens is 1. The molecule has 382 valence electrons. The van der Waals surface area contributed by atoms with Crippen LogP contribution < -0.4 is 10.4 Å². The Morgan fingerprint density at radius 3 is 0.988 bits per heavy atom. The van der Waals surface area contributed by atoms with Crippen LogP contribution in [0.25, 0.3) is 149 Å². The average molecular weight is 1060 g/mol. The van der Waals surface area contributed by atoms with Crippen LogP contribution in [0.15, 0.2) is 309 Å². The summed E-state index contributed by atoms with van der Waals surface area (Å²) in [5, 5.41) is 10.6. The van der Waals surface area contributed by atoms with Crippen molar-refractivity contribution in [1.82, 2.24) is 4.57 Å². The minimum absolute atomic E-state index is 0.736. The molecule has 2 heteroatoms. The Balaban J connectivity index is 0.734. The highest BCUT2D eigenvalue weighted by molar-refractivity contribution is 6.73. The van der Waals surface area contributed by atoms with Crippen molar-refractivity contribution in [1.29, 1.82) is 0 Å². The van der Waals surface area contributed by atoms with Crippen molar-refractivity contribution < 1.29 is 0 Å². The summed E-state index contributed by atoms with van der Waals surface area (Å²) in [5.41, 5.74) is 26.0. The van der Waals surface area contributed by atoms with Crippen LogP contribution in [-0.2, 0) is 0 Å². The largest absolute Gasteiger partial charge is 0.309 e. The van der Waals surface area contributed by atoms with Crippen molar-refractivity contribution in [3.63, 3.8) is 0 Å². The van der Waals surface area contributed by atoms with Crippen LogP contribution in [0.5, 0.6) is 0 Å². The standard InChI is InChI=1S/C80H53NSi/c1-2-10-52(11-3-1)53-20-30-60(31-21-53)67-40-44-73-74-45-43-68(51-80(74)82-79(73)50-67)81-77-46-41-65(58-26-22-54(23-27-58)56-32-36-63(37-33-56)71-18-8-14-61-12-4-6-16-69(61)71)48-75(77)76-49-66(42-47-78(76)81)59-28-24-55(25-29-59)57-34-38-64(39-35-57)72-19-9-15-62-13-5-7-17-70(62)72/h1-51H,82H2. The van der Waals surface area contributed by atoms with Gasteiger partial charge in [-0.25, -0.2) is 0 Å². The summed E-state index contributed by atoms with van der Waals surface area (Å²) in [6, 6.07) is 115. The van der Waals surface area contributed by atoms with Crippen molar-refractivity contribution in [2.45, 2.75) is 0 Å². The zero-order valence-electron chi connectivity index (χ0n) is 45.1. The fourth-order valence-electron chi connectivity index (χ4n) is 13.0. The molecule has 0 saturated carbocycles. The van der Waals surface area contributed by atoms with Crippen LogP contribution in [0.2, 0.25) is 0 Å². The third-order valence-electron chi connectivity index (χ3n) is 17.3. The Labute approximate surface area is 480 Å². The molecular weight excluding hydrogens is 1000 g/mol. The lowest BCUT2D eigenvalue weighted by Crippen LogP contribution is -2.21. The SMILES string of the molecule is c1ccc(-c2ccc(-c3ccc4c(c3)[SiH2]c3cc(-n5c6ccc(-c7ccc(-c8ccc(-c9cccc%10ccccc9%10)cc8)cc7)cc6c6cc(-c7ccc(-c8ccc(-c9cccc%10ccccc9%10)cc8)cc7)ccc65)ccc3-4)cc2)cc1. The molecule has 1 aliphatic rings. The number of benzene rings is 14. The van der Waals surface area contributed by atoms with Gasteiger partial charge in [0.2, 0.25) is 0 Å². The Morgan fingerprint density at radius 1 is 0.195 bits per heavy atom. The number of hydrogen-bond acceptors (Lipinski definition) is 0. The zero-order chi connectivity index (χ0) is 54.1. The average Bonchev–Trinajstić information content (AvgIpc) is 4.27. The van der Waals surface area contributed by atoms with Crippen LogP contribution in [0.4, 0.5) is 0 Å². The molecular formula is C80H53NSi. The Morgan fingerprint density at radius 2 is 0.524 bits per heavy atom. The van der Waals surface area contributed by atoms with Gasteiger partial charge in [0, 0.05) is 16.5 Å². The molecule has 0 fully saturated rings. The van der Waals surface area contributed by atoms with E-state index in [-0.39, 0.29) is 0 Å². The summed E-state index contributed by atoms with van der Waals surface area (Å²) in [5.74, 6) is 0. The highest BCUT2D eigenvalue weighted by Crippen LogP contribution is 2.40. The van der Waals surface area contributed by atoms with Crippen LogP contribution in [-0.4, -0.2) is 14.1 Å². The van der Waals surface area contributed by atoms with E-state index in [0.29, 0.717) is 0 Å². The summed E-state index contributed by atoms with van der Waals surface area (Å²) in [4.78, 5) is 0. The minimum atomic E-state index is -0.736. The van der Waals surface area contributed by atoms with E-state index in [4.69, 9.17) is 0 Å². The molecule has 15 aromatic rings. The predicted octanol–water partition coefficient (Wildman–Crippen LogP) is 19.5. The van der Waals surface area contributed by atoms with Crippen LogP contribution >= 0.6 is 0 Å². The predicted molar refractivity (Wildman–Crippen MR) is 353 cm³/mol. The van der Waals surface area contributed by atoms with Crippen molar-refractivity contribution in [3.05, 3.63) is 309 Å². The third kappa shape index (κ3) is 8.39. The Hall–Kier alpha value is -10.4. The van der Waals surface area contributed by atoms with Crippen LogP contribution in [0, 0.1) is 0 Å². The van der Waals surface area contributed by atoms with E-state index in [1.807, 2.05) is 0 Å². The monoisotopic (exact) mass is 1060 g/mol. The van der Waals surface area contributed by atoms with Gasteiger partial charge in [-0.2, -0.15) is 0 Å². The third-order valence-corrected chi connectivity index (χ3v) is 19.2. The molecule has 0 N–H and O–H groups in total. The number of hydrogen-bond donors (Lipinski definition) is 0. The first-order chi connectivity index (χ1) is 40.6. The zero-order valence-corrected chi connectivity index (χ0v) is 46.5. The molecule has 0 spiro atoms. The summed E-state index contributed by atoms with van der Waals surface area (Å²) in [6.07, 6.45) is 0. The van der Waals surface area contributed by atoms with E-state index in [2.05, 4.69) is 314 Å². The van der Waals surface area contributed by atoms with E-state index in [0.717, 1.165) is 0 Å². The van der Waals surface area contributed by atoms with E-state index in [9.17, 15) is 0 Å². The van der Waals surface area contributed by atoms with Crippen molar-refractivity contribution in [3.8, 4) is 106 Å². The molecule has 0 amide bonds.